The molecule has 0 aliphatic rings. The molecular weight excluding hydrogens is 348 g/mol. The lowest BCUT2D eigenvalue weighted by atomic mass is 9.85. The molecule has 0 amide bonds. The molecule has 26 heavy (non-hydrogen) atoms. The van der Waals surface area contributed by atoms with Gasteiger partial charge in [0.1, 0.15) is 11.4 Å². The van der Waals surface area contributed by atoms with Crippen molar-refractivity contribution in [3.8, 4) is 22.9 Å². The number of rotatable bonds is 2. The molecular formula is C19H25ClN6. The first-order chi connectivity index (χ1) is 11.6. The van der Waals surface area contributed by atoms with Crippen molar-refractivity contribution in [2.75, 3.05) is 0 Å². The molecule has 6 nitrogen and oxygen atoms in total. The first kappa shape index (κ1) is 20.0. The second-order valence-corrected chi connectivity index (χ2v) is 8.35. The van der Waals surface area contributed by atoms with Crippen molar-refractivity contribution in [3.05, 3.63) is 41.6 Å². The van der Waals surface area contributed by atoms with Crippen molar-refractivity contribution >= 4 is 0 Å². The molecule has 3 aromatic rings. The van der Waals surface area contributed by atoms with E-state index in [4.69, 9.17) is 4.98 Å². The van der Waals surface area contributed by atoms with Gasteiger partial charge in [-0.15, -0.1) is 10.2 Å². The fourth-order valence-corrected chi connectivity index (χ4v) is 2.57. The van der Waals surface area contributed by atoms with Crippen LogP contribution in [0.15, 0.2) is 30.5 Å². The third-order valence-electron chi connectivity index (χ3n) is 4.21. The molecule has 138 valence electrons. The Labute approximate surface area is 160 Å². The molecule has 7 heteroatoms. The number of pyridine rings is 2. The van der Waals surface area contributed by atoms with Crippen molar-refractivity contribution in [1.82, 2.24) is 25.6 Å². The van der Waals surface area contributed by atoms with E-state index in [1.165, 1.54) is 11.1 Å². The Morgan fingerprint density at radius 2 is 1.54 bits per heavy atom. The Kier molecular flexibility index (Phi) is 5.47. The lowest BCUT2D eigenvalue weighted by Crippen LogP contribution is -3.00. The van der Waals surface area contributed by atoms with Gasteiger partial charge in [-0.2, -0.15) is 5.21 Å². The van der Waals surface area contributed by atoms with Gasteiger partial charge in [-0.05, 0) is 39.3 Å². The van der Waals surface area contributed by atoms with Gasteiger partial charge < -0.3 is 12.4 Å². The van der Waals surface area contributed by atoms with E-state index in [2.05, 4.69) is 85.3 Å². The number of halogens is 1. The fourth-order valence-electron chi connectivity index (χ4n) is 2.57. The van der Waals surface area contributed by atoms with Gasteiger partial charge in [-0.1, -0.05) is 41.5 Å². The summed E-state index contributed by atoms with van der Waals surface area (Å²) < 4.78 is 0. The Bertz CT molecular complexity index is 876. The molecule has 0 saturated carbocycles. The summed E-state index contributed by atoms with van der Waals surface area (Å²) in [5.74, 6) is 0.499. The average molecular weight is 373 g/mol. The molecule has 0 aromatic carbocycles. The van der Waals surface area contributed by atoms with Gasteiger partial charge in [0.15, 0.2) is 6.20 Å². The number of aromatic nitrogens is 6. The highest BCUT2D eigenvalue weighted by molar-refractivity contribution is 5.61. The van der Waals surface area contributed by atoms with Crippen LogP contribution in [0.5, 0.6) is 0 Å². The van der Waals surface area contributed by atoms with Crippen molar-refractivity contribution in [2.24, 2.45) is 0 Å². The number of H-pyrrole nitrogens is 2. The van der Waals surface area contributed by atoms with Crippen LogP contribution in [-0.2, 0) is 10.8 Å². The van der Waals surface area contributed by atoms with Gasteiger partial charge in [-0.3, -0.25) is 0 Å². The lowest BCUT2D eigenvalue weighted by molar-refractivity contribution is -0.365. The highest BCUT2D eigenvalue weighted by atomic mass is 35.5. The normalized spacial score (nSPS) is 11.9. The van der Waals surface area contributed by atoms with Crippen LogP contribution in [0.2, 0.25) is 0 Å². The van der Waals surface area contributed by atoms with Crippen molar-refractivity contribution in [2.45, 2.75) is 52.4 Å². The van der Waals surface area contributed by atoms with Crippen LogP contribution in [0, 0.1) is 0 Å². The topological polar surface area (TPSA) is 81.5 Å². The molecule has 0 unspecified atom stereocenters. The van der Waals surface area contributed by atoms with E-state index in [1.54, 1.807) is 0 Å². The first-order valence-corrected chi connectivity index (χ1v) is 8.43. The molecule has 0 aliphatic carbocycles. The molecule has 0 saturated heterocycles. The molecule has 3 heterocycles. The fraction of sp³-hybridized carbons (Fsp3) is 0.421. The average Bonchev–Trinajstić information content (AvgIpc) is 3.07. The van der Waals surface area contributed by atoms with E-state index in [1.807, 2.05) is 12.3 Å². The largest absolute Gasteiger partial charge is 1.00 e. The van der Waals surface area contributed by atoms with E-state index < -0.39 is 0 Å². The summed E-state index contributed by atoms with van der Waals surface area (Å²) in [6, 6.07) is 8.43. The molecule has 0 spiro atoms. The maximum absolute atomic E-state index is 4.77. The first-order valence-electron chi connectivity index (χ1n) is 8.43. The zero-order valence-electron chi connectivity index (χ0n) is 16.1. The van der Waals surface area contributed by atoms with Crippen molar-refractivity contribution < 1.29 is 17.4 Å². The molecule has 3 aromatic heterocycles. The summed E-state index contributed by atoms with van der Waals surface area (Å²) in [6.45, 7) is 13.2. The predicted molar refractivity (Wildman–Crippen MR) is 96.8 cm³/mol. The zero-order chi connectivity index (χ0) is 18.2. The monoisotopic (exact) mass is 372 g/mol. The van der Waals surface area contributed by atoms with Crippen LogP contribution in [-0.4, -0.2) is 25.6 Å². The summed E-state index contributed by atoms with van der Waals surface area (Å²) in [6.07, 6.45) is 1.97. The summed E-state index contributed by atoms with van der Waals surface area (Å²) in [5, 5.41) is 14.3. The van der Waals surface area contributed by atoms with E-state index in [0.717, 1.165) is 11.4 Å². The Morgan fingerprint density at radius 1 is 0.885 bits per heavy atom. The van der Waals surface area contributed by atoms with Crippen LogP contribution in [0.1, 0.15) is 52.7 Å². The maximum atomic E-state index is 4.77. The number of nitrogens with zero attached hydrogens (tertiary/aromatic N) is 4. The molecule has 0 radical (unpaired) electrons. The van der Waals surface area contributed by atoms with Gasteiger partial charge in [0.05, 0.1) is 0 Å². The minimum absolute atomic E-state index is 0. The zero-order valence-corrected chi connectivity index (χ0v) is 16.8. The lowest BCUT2D eigenvalue weighted by Gasteiger charge is -2.20. The molecule has 3 rings (SSSR count). The third kappa shape index (κ3) is 4.25. The second kappa shape index (κ2) is 7.11. The van der Waals surface area contributed by atoms with Gasteiger partial charge in [-0.25, -0.2) is 9.97 Å². The van der Waals surface area contributed by atoms with Crippen LogP contribution >= 0.6 is 0 Å². The number of aromatic amines is 2. The van der Waals surface area contributed by atoms with Crippen molar-refractivity contribution in [1.29, 1.82) is 0 Å². The van der Waals surface area contributed by atoms with E-state index in [0.29, 0.717) is 11.5 Å². The van der Waals surface area contributed by atoms with Crippen LogP contribution in [0.4, 0.5) is 0 Å². The number of nitrogens with one attached hydrogen (secondary N) is 2. The second-order valence-electron chi connectivity index (χ2n) is 8.35. The Hall–Kier alpha value is -2.34. The van der Waals surface area contributed by atoms with E-state index >= 15 is 0 Å². The van der Waals surface area contributed by atoms with Crippen LogP contribution in [0.25, 0.3) is 22.9 Å². The third-order valence-corrected chi connectivity index (χ3v) is 4.21. The molecule has 2 N–H and O–H groups in total. The highest BCUT2D eigenvalue weighted by Crippen LogP contribution is 2.30. The minimum Gasteiger partial charge on any atom is -1.00 e. The van der Waals surface area contributed by atoms with Crippen molar-refractivity contribution in [3.63, 3.8) is 0 Å². The van der Waals surface area contributed by atoms with Gasteiger partial charge in [0.25, 0.3) is 0 Å². The summed E-state index contributed by atoms with van der Waals surface area (Å²) in [7, 11) is 0. The van der Waals surface area contributed by atoms with Crippen LogP contribution in [0.3, 0.4) is 0 Å². The quantitative estimate of drug-likeness (QED) is 0.703. The number of tetrazole rings is 1. The maximum Gasteiger partial charge on any atom is 0.229 e. The number of hydrogen-bond acceptors (Lipinski definition) is 4. The van der Waals surface area contributed by atoms with Gasteiger partial charge in [0, 0.05) is 12.1 Å². The summed E-state index contributed by atoms with van der Waals surface area (Å²) >= 11 is 0. The number of hydrogen-bond donors (Lipinski definition) is 1. The van der Waals surface area contributed by atoms with Gasteiger partial charge >= 0.3 is 0 Å². The van der Waals surface area contributed by atoms with Crippen LogP contribution < -0.4 is 17.4 Å². The van der Waals surface area contributed by atoms with E-state index in [-0.39, 0.29) is 23.2 Å². The molecule has 0 fully saturated rings. The minimum atomic E-state index is -0.0161. The van der Waals surface area contributed by atoms with Gasteiger partial charge in [0.2, 0.25) is 11.5 Å². The summed E-state index contributed by atoms with van der Waals surface area (Å²) in [4.78, 5) is 8.09. The molecule has 0 atom stereocenters. The molecule has 0 aliphatic heterocycles. The smallest absolute Gasteiger partial charge is 0.229 e. The SMILES string of the molecule is CC(C)(C)c1cc(-c2nn[nH]n2)nc(-c2cc(C(C)(C)C)cc[nH+]2)c1.[Cl-]. The standard InChI is InChI=1S/C19H24N6.ClH/c1-18(2,3)12-7-8-20-14(9-12)15-10-13(19(4,5)6)11-16(21-15)17-22-24-25-23-17;/h7-11H,1-6H3,(H,22,23,24,25);1H. The summed E-state index contributed by atoms with van der Waals surface area (Å²) in [5.41, 5.74) is 5.05. The van der Waals surface area contributed by atoms with E-state index in [9.17, 15) is 0 Å². The Morgan fingerprint density at radius 3 is 2.12 bits per heavy atom. The molecule has 0 bridgehead atoms. The highest BCUT2D eigenvalue weighted by Gasteiger charge is 2.22. The predicted octanol–water partition coefficient (Wildman–Crippen LogP) is 0.342. The Balaban J connectivity index is 0.00000243.